The number of carbonyl (C=O) groups is 1. The third-order valence-corrected chi connectivity index (χ3v) is 3.77. The lowest BCUT2D eigenvalue weighted by Gasteiger charge is -2.24. The molecule has 0 unspecified atom stereocenters. The molecular formula is C16H26FN3O. The monoisotopic (exact) mass is 295 g/mol. The number of benzene rings is 1. The summed E-state index contributed by atoms with van der Waals surface area (Å²) in [6.07, 6.45) is 2.22. The van der Waals surface area contributed by atoms with E-state index in [0.29, 0.717) is 18.2 Å². The van der Waals surface area contributed by atoms with Gasteiger partial charge in [-0.1, -0.05) is 33.6 Å². The Morgan fingerprint density at radius 3 is 2.52 bits per heavy atom. The van der Waals surface area contributed by atoms with Crippen molar-refractivity contribution in [2.24, 2.45) is 5.92 Å². The van der Waals surface area contributed by atoms with E-state index in [1.807, 2.05) is 6.92 Å². The number of anilines is 2. The van der Waals surface area contributed by atoms with Gasteiger partial charge < -0.3 is 11.1 Å². The first-order valence-corrected chi connectivity index (χ1v) is 7.57. The second kappa shape index (κ2) is 8.62. The van der Waals surface area contributed by atoms with Crippen LogP contribution < -0.4 is 11.1 Å². The van der Waals surface area contributed by atoms with Gasteiger partial charge in [-0.25, -0.2) is 4.39 Å². The van der Waals surface area contributed by atoms with E-state index in [0.717, 1.165) is 25.9 Å². The molecule has 1 aromatic carbocycles. The van der Waals surface area contributed by atoms with Gasteiger partial charge in [0, 0.05) is 6.54 Å². The fourth-order valence-electron chi connectivity index (χ4n) is 2.26. The van der Waals surface area contributed by atoms with Crippen LogP contribution in [0.25, 0.3) is 0 Å². The maximum atomic E-state index is 13.0. The molecule has 0 aliphatic rings. The topological polar surface area (TPSA) is 58.4 Å². The Labute approximate surface area is 126 Å². The quantitative estimate of drug-likeness (QED) is 0.725. The maximum Gasteiger partial charge on any atom is 0.238 e. The highest BCUT2D eigenvalue weighted by atomic mass is 19.1. The van der Waals surface area contributed by atoms with E-state index < -0.39 is 5.82 Å². The summed E-state index contributed by atoms with van der Waals surface area (Å²) >= 11 is 0. The molecule has 0 spiro atoms. The number of rotatable bonds is 8. The van der Waals surface area contributed by atoms with Crippen molar-refractivity contribution in [1.29, 1.82) is 0 Å². The van der Waals surface area contributed by atoms with Crippen molar-refractivity contribution in [2.45, 2.75) is 33.6 Å². The van der Waals surface area contributed by atoms with Gasteiger partial charge in [-0.3, -0.25) is 9.69 Å². The summed E-state index contributed by atoms with van der Waals surface area (Å²) in [5.74, 6) is 0.0733. The summed E-state index contributed by atoms with van der Waals surface area (Å²) in [5, 5.41) is 2.74. The van der Waals surface area contributed by atoms with Crippen LogP contribution in [-0.2, 0) is 4.79 Å². The summed E-state index contributed by atoms with van der Waals surface area (Å²) in [6.45, 7) is 8.44. The molecule has 0 radical (unpaired) electrons. The summed E-state index contributed by atoms with van der Waals surface area (Å²) in [4.78, 5) is 14.2. The first kappa shape index (κ1) is 17.4. The van der Waals surface area contributed by atoms with Crippen LogP contribution in [0.5, 0.6) is 0 Å². The van der Waals surface area contributed by atoms with E-state index in [1.54, 1.807) is 0 Å². The molecule has 3 N–H and O–H groups in total. The summed E-state index contributed by atoms with van der Waals surface area (Å²) in [7, 11) is 0. The third-order valence-electron chi connectivity index (χ3n) is 3.77. The molecule has 0 atom stereocenters. The van der Waals surface area contributed by atoms with E-state index in [4.69, 9.17) is 5.73 Å². The van der Waals surface area contributed by atoms with Gasteiger partial charge in [-0.2, -0.15) is 0 Å². The molecule has 0 bridgehead atoms. The number of nitrogens with zero attached hydrogens (tertiary/aromatic N) is 1. The van der Waals surface area contributed by atoms with Gasteiger partial charge in [0.2, 0.25) is 5.91 Å². The second-order valence-electron chi connectivity index (χ2n) is 5.29. The number of hydrogen-bond donors (Lipinski definition) is 2. The van der Waals surface area contributed by atoms with Crippen LogP contribution in [0.1, 0.15) is 33.6 Å². The van der Waals surface area contributed by atoms with Crippen molar-refractivity contribution >= 4 is 17.3 Å². The molecule has 0 saturated heterocycles. The van der Waals surface area contributed by atoms with Gasteiger partial charge in [0.15, 0.2) is 0 Å². The molecule has 21 heavy (non-hydrogen) atoms. The van der Waals surface area contributed by atoms with Crippen LogP contribution in [0, 0.1) is 11.7 Å². The van der Waals surface area contributed by atoms with Gasteiger partial charge in [-0.15, -0.1) is 0 Å². The number of hydrogen-bond acceptors (Lipinski definition) is 3. The number of nitrogens with two attached hydrogens (primary N) is 1. The highest BCUT2D eigenvalue weighted by Crippen LogP contribution is 2.19. The summed E-state index contributed by atoms with van der Waals surface area (Å²) in [5.41, 5.74) is 6.39. The Morgan fingerprint density at radius 1 is 1.33 bits per heavy atom. The highest BCUT2D eigenvalue weighted by Gasteiger charge is 2.14. The normalized spacial score (nSPS) is 11.1. The molecule has 1 aromatic rings. The van der Waals surface area contributed by atoms with Gasteiger partial charge >= 0.3 is 0 Å². The Bertz CT molecular complexity index is 461. The number of halogens is 1. The minimum Gasteiger partial charge on any atom is -0.397 e. The summed E-state index contributed by atoms with van der Waals surface area (Å²) < 4.78 is 13.0. The van der Waals surface area contributed by atoms with Crippen LogP contribution in [0.2, 0.25) is 0 Å². The first-order chi connectivity index (χ1) is 9.99. The largest absolute Gasteiger partial charge is 0.397 e. The lowest BCUT2D eigenvalue weighted by Crippen LogP contribution is -2.36. The fraction of sp³-hybridized carbons (Fsp3) is 0.562. The lowest BCUT2D eigenvalue weighted by molar-refractivity contribution is -0.117. The molecule has 4 nitrogen and oxygen atoms in total. The van der Waals surface area contributed by atoms with E-state index >= 15 is 0 Å². The number of nitrogen functional groups attached to an aromatic ring is 1. The van der Waals surface area contributed by atoms with Crippen molar-refractivity contribution in [2.75, 3.05) is 30.7 Å². The molecule has 0 aliphatic carbocycles. The average molecular weight is 295 g/mol. The second-order valence-corrected chi connectivity index (χ2v) is 5.29. The maximum absolute atomic E-state index is 13.0. The molecular weight excluding hydrogens is 269 g/mol. The highest BCUT2D eigenvalue weighted by molar-refractivity contribution is 5.95. The van der Waals surface area contributed by atoms with Gasteiger partial charge in [-0.05, 0) is 30.7 Å². The van der Waals surface area contributed by atoms with Gasteiger partial charge in [0.1, 0.15) is 5.82 Å². The van der Waals surface area contributed by atoms with Crippen molar-refractivity contribution in [3.05, 3.63) is 24.0 Å². The van der Waals surface area contributed by atoms with E-state index in [2.05, 4.69) is 24.1 Å². The molecule has 0 saturated carbocycles. The van der Waals surface area contributed by atoms with Crippen molar-refractivity contribution in [3.8, 4) is 0 Å². The molecule has 118 valence electrons. The van der Waals surface area contributed by atoms with Gasteiger partial charge in [0.05, 0.1) is 17.9 Å². The zero-order valence-electron chi connectivity index (χ0n) is 13.2. The zero-order valence-corrected chi connectivity index (χ0v) is 13.2. The number of likely N-dealkylation sites (N-methyl/N-ethyl adjacent to an activating group) is 1. The summed E-state index contributed by atoms with van der Waals surface area (Å²) in [6, 6.07) is 3.98. The Kier molecular flexibility index (Phi) is 7.15. The molecule has 0 aromatic heterocycles. The van der Waals surface area contributed by atoms with Crippen LogP contribution in [0.15, 0.2) is 18.2 Å². The van der Waals surface area contributed by atoms with E-state index in [-0.39, 0.29) is 11.6 Å². The van der Waals surface area contributed by atoms with Crippen molar-refractivity contribution in [1.82, 2.24) is 4.90 Å². The fourth-order valence-corrected chi connectivity index (χ4v) is 2.26. The minimum atomic E-state index is -0.408. The van der Waals surface area contributed by atoms with Crippen LogP contribution in [0.3, 0.4) is 0 Å². The minimum absolute atomic E-state index is 0.124. The van der Waals surface area contributed by atoms with E-state index in [9.17, 15) is 9.18 Å². The third kappa shape index (κ3) is 5.71. The Morgan fingerprint density at radius 2 is 2.00 bits per heavy atom. The van der Waals surface area contributed by atoms with Crippen LogP contribution in [0.4, 0.5) is 15.8 Å². The van der Waals surface area contributed by atoms with Crippen molar-refractivity contribution < 1.29 is 9.18 Å². The zero-order chi connectivity index (χ0) is 15.8. The van der Waals surface area contributed by atoms with Crippen molar-refractivity contribution in [3.63, 3.8) is 0 Å². The number of nitrogens with one attached hydrogen (secondary N) is 1. The molecule has 1 amide bonds. The smallest absolute Gasteiger partial charge is 0.238 e. The molecule has 5 heteroatoms. The lowest BCUT2D eigenvalue weighted by atomic mass is 10.0. The Hall–Kier alpha value is -1.62. The van der Waals surface area contributed by atoms with E-state index in [1.165, 1.54) is 18.2 Å². The van der Waals surface area contributed by atoms with Gasteiger partial charge in [0.25, 0.3) is 0 Å². The standard InChI is InChI=1S/C16H26FN3O/c1-4-12(5-2)10-20(6-3)11-16(21)19-15-8-7-13(17)9-14(15)18/h7-9,12H,4-6,10-11,18H2,1-3H3,(H,19,21). The number of carbonyl (C=O) groups excluding carboxylic acids is 1. The molecule has 0 aliphatic heterocycles. The SMILES string of the molecule is CCC(CC)CN(CC)CC(=O)Nc1ccc(F)cc1N. The van der Waals surface area contributed by atoms with Crippen LogP contribution in [-0.4, -0.2) is 30.4 Å². The van der Waals surface area contributed by atoms with Crippen LogP contribution >= 0.6 is 0 Å². The molecule has 1 rings (SSSR count). The average Bonchev–Trinajstić information content (AvgIpc) is 2.46. The predicted molar refractivity (Wildman–Crippen MR) is 85.6 cm³/mol. The molecule has 0 heterocycles. The predicted octanol–water partition coefficient (Wildman–Crippen LogP) is 3.10. The number of amides is 1. The molecule has 0 fully saturated rings. The Balaban J connectivity index is 2.58. The first-order valence-electron chi connectivity index (χ1n) is 7.57.